The number of para-hydroxylation sites is 1. The molecule has 0 aromatic heterocycles. The Bertz CT molecular complexity index is 391. The van der Waals surface area contributed by atoms with Crippen LogP contribution in [-0.4, -0.2) is 19.7 Å². The van der Waals surface area contributed by atoms with Gasteiger partial charge >= 0.3 is 0 Å². The van der Waals surface area contributed by atoms with Gasteiger partial charge in [-0.05, 0) is 31.5 Å². The van der Waals surface area contributed by atoms with Crippen LogP contribution in [0.3, 0.4) is 0 Å². The van der Waals surface area contributed by atoms with Crippen molar-refractivity contribution in [2.24, 2.45) is 0 Å². The van der Waals surface area contributed by atoms with E-state index in [1.165, 1.54) is 44.1 Å². The summed E-state index contributed by atoms with van der Waals surface area (Å²) in [5, 5.41) is 3.55. The highest BCUT2D eigenvalue weighted by Crippen LogP contribution is 2.36. The molecular weight excluding hydrogens is 246 g/mol. The second-order valence-corrected chi connectivity index (χ2v) is 5.88. The van der Waals surface area contributed by atoms with Crippen molar-refractivity contribution in [2.45, 2.75) is 63.8 Å². The van der Waals surface area contributed by atoms with Gasteiger partial charge in [-0.15, -0.1) is 0 Å². The van der Waals surface area contributed by atoms with Crippen molar-refractivity contribution in [1.29, 1.82) is 0 Å². The molecule has 2 nitrogen and oxygen atoms in total. The van der Waals surface area contributed by atoms with Crippen LogP contribution in [0.15, 0.2) is 24.3 Å². The highest BCUT2D eigenvalue weighted by molar-refractivity contribution is 5.38. The van der Waals surface area contributed by atoms with Gasteiger partial charge in [0.05, 0.1) is 6.61 Å². The lowest BCUT2D eigenvalue weighted by Crippen LogP contribution is -2.35. The Balaban J connectivity index is 1.91. The zero-order valence-electron chi connectivity index (χ0n) is 13.0. The molecule has 0 spiro atoms. The van der Waals surface area contributed by atoms with E-state index in [0.717, 1.165) is 18.8 Å². The van der Waals surface area contributed by atoms with Crippen LogP contribution in [0.4, 0.5) is 0 Å². The molecule has 1 aliphatic rings. The van der Waals surface area contributed by atoms with E-state index < -0.39 is 0 Å². The predicted molar refractivity (Wildman–Crippen MR) is 85.5 cm³/mol. The molecule has 0 radical (unpaired) electrons. The van der Waals surface area contributed by atoms with Gasteiger partial charge in [-0.25, -0.2) is 0 Å². The molecule has 1 heterocycles. The van der Waals surface area contributed by atoms with Crippen molar-refractivity contribution < 1.29 is 4.74 Å². The maximum Gasteiger partial charge on any atom is 0.122 e. The van der Waals surface area contributed by atoms with E-state index >= 15 is 0 Å². The summed E-state index contributed by atoms with van der Waals surface area (Å²) >= 11 is 0. The molecule has 1 aromatic rings. The standard InChI is InChI=1S/C18H29NO/c1-3-4-5-6-7-11-17(19-2)15-13-14-20-18-12-9-8-10-16(15)18/h8-10,12,15,17,19H,3-7,11,13-14H2,1-2H3. The first-order valence-corrected chi connectivity index (χ1v) is 8.25. The predicted octanol–water partition coefficient (Wildman–Crippen LogP) is 4.50. The van der Waals surface area contributed by atoms with Gasteiger partial charge in [0, 0.05) is 12.0 Å². The number of hydrogen-bond acceptors (Lipinski definition) is 2. The first-order valence-electron chi connectivity index (χ1n) is 8.25. The summed E-state index contributed by atoms with van der Waals surface area (Å²) in [5.41, 5.74) is 1.40. The van der Waals surface area contributed by atoms with E-state index in [4.69, 9.17) is 4.74 Å². The van der Waals surface area contributed by atoms with Crippen LogP contribution < -0.4 is 10.1 Å². The Morgan fingerprint density at radius 3 is 2.80 bits per heavy atom. The summed E-state index contributed by atoms with van der Waals surface area (Å²) < 4.78 is 5.78. The van der Waals surface area contributed by atoms with E-state index in [1.54, 1.807) is 0 Å². The second-order valence-electron chi connectivity index (χ2n) is 5.88. The molecule has 2 rings (SSSR count). The maximum atomic E-state index is 5.78. The SMILES string of the molecule is CCCCCCCC(NC)C1CCOc2ccccc21. The minimum atomic E-state index is 0.585. The molecule has 0 amide bonds. The number of benzene rings is 1. The van der Waals surface area contributed by atoms with Crippen LogP contribution in [0, 0.1) is 0 Å². The molecule has 1 aromatic carbocycles. The van der Waals surface area contributed by atoms with E-state index in [-0.39, 0.29) is 0 Å². The molecule has 0 saturated heterocycles. The molecular formula is C18H29NO. The number of unbranched alkanes of at least 4 members (excludes halogenated alkanes) is 4. The third-order valence-corrected chi connectivity index (χ3v) is 4.48. The fourth-order valence-electron chi connectivity index (χ4n) is 3.30. The van der Waals surface area contributed by atoms with Crippen molar-refractivity contribution in [3.63, 3.8) is 0 Å². The average Bonchev–Trinajstić information content (AvgIpc) is 2.51. The summed E-state index contributed by atoms with van der Waals surface area (Å²) in [7, 11) is 2.11. The topological polar surface area (TPSA) is 21.3 Å². The van der Waals surface area contributed by atoms with Crippen LogP contribution in [-0.2, 0) is 0 Å². The minimum absolute atomic E-state index is 0.585. The fraction of sp³-hybridized carbons (Fsp3) is 0.667. The van der Waals surface area contributed by atoms with Crippen molar-refractivity contribution in [3.8, 4) is 5.75 Å². The Morgan fingerprint density at radius 1 is 1.20 bits per heavy atom. The van der Waals surface area contributed by atoms with Gasteiger partial charge < -0.3 is 10.1 Å². The lowest BCUT2D eigenvalue weighted by atomic mass is 9.84. The van der Waals surface area contributed by atoms with Crippen LogP contribution in [0.5, 0.6) is 5.75 Å². The third kappa shape index (κ3) is 3.99. The lowest BCUT2D eigenvalue weighted by molar-refractivity contribution is 0.243. The van der Waals surface area contributed by atoms with Gasteiger partial charge in [-0.1, -0.05) is 57.2 Å². The third-order valence-electron chi connectivity index (χ3n) is 4.48. The number of nitrogens with one attached hydrogen (secondary N) is 1. The summed E-state index contributed by atoms with van der Waals surface area (Å²) in [5.74, 6) is 1.70. The minimum Gasteiger partial charge on any atom is -0.493 e. The zero-order chi connectivity index (χ0) is 14.2. The molecule has 20 heavy (non-hydrogen) atoms. The quantitative estimate of drug-likeness (QED) is 0.705. The highest BCUT2D eigenvalue weighted by Gasteiger charge is 2.27. The first kappa shape index (κ1) is 15.4. The molecule has 2 heteroatoms. The Kier molecular flexibility index (Phi) is 6.38. The summed E-state index contributed by atoms with van der Waals surface area (Å²) in [4.78, 5) is 0. The van der Waals surface area contributed by atoms with Gasteiger partial charge in [0.2, 0.25) is 0 Å². The number of ether oxygens (including phenoxy) is 1. The summed E-state index contributed by atoms with van der Waals surface area (Å²) in [6, 6.07) is 9.13. The van der Waals surface area contributed by atoms with Crippen LogP contribution in [0.25, 0.3) is 0 Å². The van der Waals surface area contributed by atoms with Crippen molar-refractivity contribution >= 4 is 0 Å². The number of hydrogen-bond donors (Lipinski definition) is 1. The number of fused-ring (bicyclic) bond motifs is 1. The fourth-order valence-corrected chi connectivity index (χ4v) is 3.30. The number of likely N-dealkylation sites (N-methyl/N-ethyl adjacent to an activating group) is 1. The smallest absolute Gasteiger partial charge is 0.122 e. The zero-order valence-corrected chi connectivity index (χ0v) is 13.0. The Morgan fingerprint density at radius 2 is 2.00 bits per heavy atom. The van der Waals surface area contributed by atoms with Gasteiger partial charge in [-0.2, -0.15) is 0 Å². The maximum absolute atomic E-state index is 5.78. The van der Waals surface area contributed by atoms with Gasteiger partial charge in [0.25, 0.3) is 0 Å². The first-order chi connectivity index (χ1) is 9.86. The molecule has 1 N–H and O–H groups in total. The largest absolute Gasteiger partial charge is 0.493 e. The Hall–Kier alpha value is -1.02. The van der Waals surface area contributed by atoms with Gasteiger partial charge in [-0.3, -0.25) is 0 Å². The monoisotopic (exact) mass is 275 g/mol. The lowest BCUT2D eigenvalue weighted by Gasteiger charge is -2.32. The average molecular weight is 275 g/mol. The van der Waals surface area contributed by atoms with Crippen LogP contribution >= 0.6 is 0 Å². The van der Waals surface area contributed by atoms with E-state index in [0.29, 0.717) is 12.0 Å². The Labute approximate surface area is 123 Å². The van der Waals surface area contributed by atoms with Crippen molar-refractivity contribution in [2.75, 3.05) is 13.7 Å². The van der Waals surface area contributed by atoms with Crippen molar-refractivity contribution in [1.82, 2.24) is 5.32 Å². The molecule has 1 aliphatic heterocycles. The van der Waals surface area contributed by atoms with E-state index in [2.05, 4.69) is 43.6 Å². The van der Waals surface area contributed by atoms with Crippen molar-refractivity contribution in [3.05, 3.63) is 29.8 Å². The summed E-state index contributed by atoms with van der Waals surface area (Å²) in [6.45, 7) is 3.13. The van der Waals surface area contributed by atoms with Gasteiger partial charge in [0.15, 0.2) is 0 Å². The number of rotatable bonds is 8. The molecule has 2 unspecified atom stereocenters. The summed E-state index contributed by atoms with van der Waals surface area (Å²) in [6.07, 6.45) is 9.21. The molecule has 0 fully saturated rings. The van der Waals surface area contributed by atoms with E-state index in [1.807, 2.05) is 0 Å². The molecule has 112 valence electrons. The van der Waals surface area contributed by atoms with Crippen LogP contribution in [0.1, 0.15) is 63.4 Å². The van der Waals surface area contributed by atoms with E-state index in [9.17, 15) is 0 Å². The molecule has 2 atom stereocenters. The highest BCUT2D eigenvalue weighted by atomic mass is 16.5. The van der Waals surface area contributed by atoms with Crippen LogP contribution in [0.2, 0.25) is 0 Å². The molecule has 0 bridgehead atoms. The normalized spacial score (nSPS) is 19.2. The molecule has 0 saturated carbocycles. The molecule has 0 aliphatic carbocycles. The second kappa shape index (κ2) is 8.31. The van der Waals surface area contributed by atoms with Gasteiger partial charge in [0.1, 0.15) is 5.75 Å².